The van der Waals surface area contributed by atoms with Gasteiger partial charge < -0.3 is 14.8 Å². The van der Waals surface area contributed by atoms with Gasteiger partial charge in [0.2, 0.25) is 0 Å². The van der Waals surface area contributed by atoms with Crippen molar-refractivity contribution in [3.63, 3.8) is 0 Å². The van der Waals surface area contributed by atoms with Gasteiger partial charge in [0.05, 0.1) is 0 Å². The highest BCUT2D eigenvalue weighted by Crippen LogP contribution is 2.23. The van der Waals surface area contributed by atoms with Gasteiger partial charge in [0, 0.05) is 17.3 Å². The first-order chi connectivity index (χ1) is 12.7. The number of rotatable bonds is 7. The summed E-state index contributed by atoms with van der Waals surface area (Å²) in [5, 5.41) is 2.76. The zero-order valence-electron chi connectivity index (χ0n) is 13.9. The largest absolute Gasteiger partial charge is 0.484 e. The van der Waals surface area contributed by atoms with E-state index >= 15 is 0 Å². The topological polar surface area (TPSA) is 64.6 Å². The fraction of sp³-hybridized carbons (Fsp3) is 0.0476. The maximum absolute atomic E-state index is 12.0. The Morgan fingerprint density at radius 1 is 0.846 bits per heavy atom. The van der Waals surface area contributed by atoms with Crippen molar-refractivity contribution in [2.75, 3.05) is 11.9 Å². The standard InChI is InChI=1S/C21H17NO4/c23-14-16-9-11-18(12-10-16)25-15-21(24)22-17-5-4-8-20(13-17)26-19-6-2-1-3-7-19/h1-14H,15H2,(H,22,24). The summed E-state index contributed by atoms with van der Waals surface area (Å²) in [5.74, 6) is 1.57. The fourth-order valence-electron chi connectivity index (χ4n) is 2.25. The van der Waals surface area contributed by atoms with Crippen LogP contribution < -0.4 is 14.8 Å². The highest BCUT2D eigenvalue weighted by atomic mass is 16.5. The molecule has 0 atom stereocenters. The van der Waals surface area contributed by atoms with E-state index in [-0.39, 0.29) is 12.5 Å². The Kier molecular flexibility index (Phi) is 5.62. The third-order valence-electron chi connectivity index (χ3n) is 3.48. The molecule has 0 saturated heterocycles. The molecule has 130 valence electrons. The van der Waals surface area contributed by atoms with Gasteiger partial charge in [-0.15, -0.1) is 0 Å². The molecule has 1 N–H and O–H groups in total. The minimum absolute atomic E-state index is 0.135. The van der Waals surface area contributed by atoms with E-state index in [9.17, 15) is 9.59 Å². The van der Waals surface area contributed by atoms with Gasteiger partial charge in [-0.3, -0.25) is 9.59 Å². The van der Waals surface area contributed by atoms with Gasteiger partial charge in [-0.2, -0.15) is 0 Å². The molecule has 5 nitrogen and oxygen atoms in total. The van der Waals surface area contributed by atoms with Crippen molar-refractivity contribution in [2.24, 2.45) is 0 Å². The number of hydrogen-bond acceptors (Lipinski definition) is 4. The first-order valence-corrected chi connectivity index (χ1v) is 8.04. The minimum atomic E-state index is -0.290. The van der Waals surface area contributed by atoms with E-state index in [4.69, 9.17) is 9.47 Å². The maximum atomic E-state index is 12.0. The van der Waals surface area contributed by atoms with Crippen LogP contribution in [0.15, 0.2) is 78.9 Å². The van der Waals surface area contributed by atoms with E-state index in [1.807, 2.05) is 36.4 Å². The average molecular weight is 347 g/mol. The predicted molar refractivity (Wildman–Crippen MR) is 98.9 cm³/mol. The van der Waals surface area contributed by atoms with Crippen LogP contribution in [0.1, 0.15) is 10.4 Å². The summed E-state index contributed by atoms with van der Waals surface area (Å²) >= 11 is 0. The highest BCUT2D eigenvalue weighted by molar-refractivity contribution is 5.92. The average Bonchev–Trinajstić information content (AvgIpc) is 2.68. The quantitative estimate of drug-likeness (QED) is 0.647. The molecule has 0 radical (unpaired) electrons. The number of hydrogen-bond donors (Lipinski definition) is 1. The molecule has 0 fully saturated rings. The van der Waals surface area contributed by atoms with E-state index < -0.39 is 0 Å². The van der Waals surface area contributed by atoms with E-state index in [1.54, 1.807) is 42.5 Å². The summed E-state index contributed by atoms with van der Waals surface area (Å²) in [6.07, 6.45) is 0.751. The first-order valence-electron chi connectivity index (χ1n) is 8.04. The molecule has 1 amide bonds. The molecule has 0 aliphatic rings. The van der Waals surface area contributed by atoms with Crippen LogP contribution in [0.5, 0.6) is 17.2 Å². The summed E-state index contributed by atoms with van der Waals surface area (Å²) in [4.78, 5) is 22.7. The Hall–Kier alpha value is -3.60. The molecule has 0 heterocycles. The molecule has 3 rings (SSSR count). The summed E-state index contributed by atoms with van der Waals surface area (Å²) in [6.45, 7) is -0.135. The molecule has 0 aliphatic heterocycles. The van der Waals surface area contributed by atoms with E-state index in [0.29, 0.717) is 22.7 Å². The van der Waals surface area contributed by atoms with Crippen LogP contribution in [0.2, 0.25) is 0 Å². The first kappa shape index (κ1) is 17.2. The number of ether oxygens (including phenoxy) is 2. The summed E-state index contributed by atoms with van der Waals surface area (Å²) in [7, 11) is 0. The van der Waals surface area contributed by atoms with Crippen LogP contribution in [0.4, 0.5) is 5.69 Å². The van der Waals surface area contributed by atoms with Gasteiger partial charge in [-0.25, -0.2) is 0 Å². The maximum Gasteiger partial charge on any atom is 0.262 e. The Labute approximate surface area is 151 Å². The van der Waals surface area contributed by atoms with Crippen LogP contribution in [0, 0.1) is 0 Å². The van der Waals surface area contributed by atoms with Gasteiger partial charge in [0.15, 0.2) is 6.61 Å². The van der Waals surface area contributed by atoms with Crippen molar-refractivity contribution >= 4 is 17.9 Å². The molecule has 0 aliphatic carbocycles. The molecule has 26 heavy (non-hydrogen) atoms. The third kappa shape index (κ3) is 4.95. The molecule has 0 aromatic heterocycles. The summed E-state index contributed by atoms with van der Waals surface area (Å²) in [5.41, 5.74) is 1.17. The summed E-state index contributed by atoms with van der Waals surface area (Å²) in [6, 6.07) is 23.1. The second-order valence-corrected chi connectivity index (χ2v) is 5.47. The second-order valence-electron chi connectivity index (χ2n) is 5.47. The number of aldehydes is 1. The van der Waals surface area contributed by atoms with Crippen molar-refractivity contribution in [1.29, 1.82) is 0 Å². The van der Waals surface area contributed by atoms with Gasteiger partial charge in [-0.05, 0) is 48.5 Å². The van der Waals surface area contributed by atoms with Gasteiger partial charge in [0.25, 0.3) is 5.91 Å². The Morgan fingerprint density at radius 3 is 2.31 bits per heavy atom. The normalized spacial score (nSPS) is 10.0. The Morgan fingerprint density at radius 2 is 1.58 bits per heavy atom. The lowest BCUT2D eigenvalue weighted by atomic mass is 10.2. The monoisotopic (exact) mass is 347 g/mol. The highest BCUT2D eigenvalue weighted by Gasteiger charge is 2.05. The van der Waals surface area contributed by atoms with Gasteiger partial charge in [-0.1, -0.05) is 24.3 Å². The Balaban J connectivity index is 1.55. The van der Waals surface area contributed by atoms with Crippen molar-refractivity contribution in [3.05, 3.63) is 84.4 Å². The number of carbonyl (C=O) groups excluding carboxylic acids is 2. The van der Waals surface area contributed by atoms with Crippen LogP contribution in [0.3, 0.4) is 0 Å². The number of nitrogens with one attached hydrogen (secondary N) is 1. The number of carbonyl (C=O) groups is 2. The third-order valence-corrected chi connectivity index (χ3v) is 3.48. The Bertz CT molecular complexity index is 876. The lowest BCUT2D eigenvalue weighted by Gasteiger charge is -2.10. The van der Waals surface area contributed by atoms with E-state index in [0.717, 1.165) is 12.0 Å². The molecule has 3 aromatic rings. The summed E-state index contributed by atoms with van der Waals surface area (Å²) < 4.78 is 11.1. The van der Waals surface area contributed by atoms with Gasteiger partial charge in [0.1, 0.15) is 23.5 Å². The molecule has 0 spiro atoms. The molecule has 3 aromatic carbocycles. The molecule has 0 saturated carbocycles. The molecule has 0 unspecified atom stereocenters. The van der Waals surface area contributed by atoms with Crippen LogP contribution >= 0.6 is 0 Å². The van der Waals surface area contributed by atoms with Crippen LogP contribution in [0.25, 0.3) is 0 Å². The smallest absolute Gasteiger partial charge is 0.262 e. The number of benzene rings is 3. The molecular formula is C21H17NO4. The number of anilines is 1. The zero-order chi connectivity index (χ0) is 18.2. The van der Waals surface area contributed by atoms with Crippen molar-refractivity contribution in [1.82, 2.24) is 0 Å². The second kappa shape index (κ2) is 8.48. The van der Waals surface area contributed by atoms with Crippen LogP contribution in [-0.2, 0) is 4.79 Å². The van der Waals surface area contributed by atoms with Crippen molar-refractivity contribution < 1.29 is 19.1 Å². The van der Waals surface area contributed by atoms with Crippen molar-refractivity contribution in [3.8, 4) is 17.2 Å². The predicted octanol–water partition coefficient (Wildman–Crippen LogP) is 4.31. The molecule has 0 bridgehead atoms. The van der Waals surface area contributed by atoms with Gasteiger partial charge >= 0.3 is 0 Å². The lowest BCUT2D eigenvalue weighted by Crippen LogP contribution is -2.20. The van der Waals surface area contributed by atoms with Crippen LogP contribution in [-0.4, -0.2) is 18.8 Å². The molecule has 5 heteroatoms. The number of amides is 1. The zero-order valence-corrected chi connectivity index (χ0v) is 13.9. The van der Waals surface area contributed by atoms with E-state index in [1.165, 1.54) is 0 Å². The fourth-order valence-corrected chi connectivity index (χ4v) is 2.25. The van der Waals surface area contributed by atoms with Crippen molar-refractivity contribution in [2.45, 2.75) is 0 Å². The SMILES string of the molecule is O=Cc1ccc(OCC(=O)Nc2cccc(Oc3ccccc3)c2)cc1. The minimum Gasteiger partial charge on any atom is -0.484 e. The van der Waals surface area contributed by atoms with E-state index in [2.05, 4.69) is 5.32 Å². The molecular weight excluding hydrogens is 330 g/mol. The lowest BCUT2D eigenvalue weighted by molar-refractivity contribution is -0.118. The number of para-hydroxylation sites is 1.